The van der Waals surface area contributed by atoms with Gasteiger partial charge >= 0.3 is 0 Å². The zero-order chi connectivity index (χ0) is 21.1. The lowest BCUT2D eigenvalue weighted by atomic mass is 10.3. The first-order valence-corrected chi connectivity index (χ1v) is 10.5. The van der Waals surface area contributed by atoms with Gasteiger partial charge in [0.15, 0.2) is 5.13 Å². The summed E-state index contributed by atoms with van der Waals surface area (Å²) >= 11 is 1.39. The number of amides is 1. The van der Waals surface area contributed by atoms with E-state index < -0.39 is 0 Å². The highest BCUT2D eigenvalue weighted by molar-refractivity contribution is 7.22. The summed E-state index contributed by atoms with van der Waals surface area (Å²) in [6.07, 6.45) is 0. The van der Waals surface area contributed by atoms with Crippen LogP contribution in [-0.2, 0) is 4.74 Å². The van der Waals surface area contributed by atoms with Crippen molar-refractivity contribution in [3.8, 4) is 11.5 Å². The van der Waals surface area contributed by atoms with Crippen molar-refractivity contribution in [2.45, 2.75) is 6.92 Å². The summed E-state index contributed by atoms with van der Waals surface area (Å²) < 4.78 is 22.4. The average molecular weight is 469 g/mol. The number of anilines is 1. The number of hydrogen-bond donors (Lipinski definition) is 0. The topological polar surface area (TPSA) is 90.2 Å². The number of rotatable bonds is 7. The molecule has 0 N–H and O–H groups in total. The van der Waals surface area contributed by atoms with E-state index in [0.717, 1.165) is 17.8 Å². The zero-order valence-corrected chi connectivity index (χ0v) is 19.3. The number of ether oxygens (including phenoxy) is 3. The maximum absolute atomic E-state index is 13.3. The van der Waals surface area contributed by atoms with Crippen LogP contribution in [0, 0.1) is 6.92 Å². The van der Waals surface area contributed by atoms with Crippen molar-refractivity contribution < 1.29 is 23.5 Å². The quantitative estimate of drug-likeness (QED) is 0.522. The second-order valence-electron chi connectivity index (χ2n) is 6.89. The molecule has 4 rings (SSSR count). The summed E-state index contributed by atoms with van der Waals surface area (Å²) in [5, 5.41) is 4.41. The molecule has 1 aromatic carbocycles. The van der Waals surface area contributed by atoms with Gasteiger partial charge in [-0.05, 0) is 19.1 Å². The van der Waals surface area contributed by atoms with Crippen molar-refractivity contribution in [2.24, 2.45) is 0 Å². The largest absolute Gasteiger partial charge is 0.495 e. The van der Waals surface area contributed by atoms with Gasteiger partial charge in [0.05, 0.1) is 33.1 Å². The molecule has 11 heteroatoms. The van der Waals surface area contributed by atoms with Crippen molar-refractivity contribution in [3.05, 3.63) is 29.7 Å². The number of aromatic nitrogens is 2. The normalized spacial score (nSPS) is 14.3. The summed E-state index contributed by atoms with van der Waals surface area (Å²) in [7, 11) is 3.21. The van der Waals surface area contributed by atoms with Crippen LogP contribution in [0.5, 0.6) is 11.5 Å². The molecular weight excluding hydrogens is 444 g/mol. The Bertz CT molecular complexity index is 993. The van der Waals surface area contributed by atoms with Gasteiger partial charge in [-0.2, -0.15) is 0 Å². The molecule has 1 saturated heterocycles. The van der Waals surface area contributed by atoms with Gasteiger partial charge in [0.1, 0.15) is 21.7 Å². The number of benzene rings is 1. The molecule has 1 aliphatic heterocycles. The molecular formula is C20H25ClN4O5S. The van der Waals surface area contributed by atoms with Crippen molar-refractivity contribution in [1.29, 1.82) is 0 Å². The van der Waals surface area contributed by atoms with Gasteiger partial charge < -0.3 is 18.7 Å². The van der Waals surface area contributed by atoms with E-state index in [4.69, 9.17) is 23.7 Å². The van der Waals surface area contributed by atoms with Gasteiger partial charge in [0, 0.05) is 32.2 Å². The molecule has 0 saturated carbocycles. The molecule has 9 nitrogen and oxygen atoms in total. The predicted octanol–water partition coefficient (Wildman–Crippen LogP) is 3.01. The number of fused-ring (bicyclic) bond motifs is 1. The monoisotopic (exact) mass is 468 g/mol. The minimum absolute atomic E-state index is 0. The zero-order valence-electron chi connectivity index (χ0n) is 17.6. The van der Waals surface area contributed by atoms with E-state index in [1.54, 1.807) is 32.1 Å². The second kappa shape index (κ2) is 10.3. The van der Waals surface area contributed by atoms with Gasteiger partial charge in [0.25, 0.3) is 5.91 Å². The summed E-state index contributed by atoms with van der Waals surface area (Å²) in [5.41, 5.74) is 1.31. The molecule has 0 atom stereocenters. The first kappa shape index (κ1) is 23.3. The van der Waals surface area contributed by atoms with Crippen LogP contribution >= 0.6 is 23.7 Å². The van der Waals surface area contributed by atoms with Gasteiger partial charge in [0.2, 0.25) is 5.76 Å². The molecule has 0 bridgehead atoms. The number of thiazole rings is 1. The van der Waals surface area contributed by atoms with Crippen LogP contribution in [0.2, 0.25) is 0 Å². The summed E-state index contributed by atoms with van der Waals surface area (Å²) in [6, 6.07) is 5.28. The average Bonchev–Trinajstić information content (AvgIpc) is 3.40. The molecule has 0 unspecified atom stereocenters. The van der Waals surface area contributed by atoms with E-state index in [1.807, 2.05) is 12.1 Å². The third kappa shape index (κ3) is 4.93. The van der Waals surface area contributed by atoms with Crippen LogP contribution in [0.3, 0.4) is 0 Å². The molecule has 3 aromatic rings. The van der Waals surface area contributed by atoms with Crippen LogP contribution in [0.15, 0.2) is 22.7 Å². The number of carbonyl (C=O) groups is 1. The summed E-state index contributed by atoms with van der Waals surface area (Å²) in [5.74, 6) is 1.23. The Morgan fingerprint density at radius 3 is 2.58 bits per heavy atom. The Labute approximate surface area is 190 Å². The molecule has 2 aromatic heterocycles. The number of carbonyl (C=O) groups excluding carboxylic acids is 1. The highest BCUT2D eigenvalue weighted by Gasteiger charge is 2.27. The van der Waals surface area contributed by atoms with E-state index in [2.05, 4.69) is 10.1 Å². The maximum atomic E-state index is 13.3. The van der Waals surface area contributed by atoms with Crippen molar-refractivity contribution in [2.75, 3.05) is 58.5 Å². The highest BCUT2D eigenvalue weighted by atomic mass is 35.5. The summed E-state index contributed by atoms with van der Waals surface area (Å²) in [6.45, 7) is 6.02. The fraction of sp³-hybridized carbons (Fsp3) is 0.450. The third-order valence-corrected chi connectivity index (χ3v) is 6.05. The molecule has 0 spiro atoms. The standard InChI is InChI=1S/C20H24N4O5S.ClH/c1-13-12-16(29-22-13)19(25)24(7-6-23-8-10-28-11-9-23)20-21-17-14(26-2)4-5-15(27-3)18(17)30-20;/h4-5,12H,6-11H2,1-3H3;1H. The Balaban J connectivity index is 0.00000272. The molecule has 0 aliphatic carbocycles. The van der Waals surface area contributed by atoms with Gasteiger partial charge in [-0.15, -0.1) is 12.4 Å². The van der Waals surface area contributed by atoms with Crippen LogP contribution in [-0.4, -0.2) is 74.6 Å². The number of nitrogens with zero attached hydrogens (tertiary/aromatic N) is 4. The SMILES string of the molecule is COc1ccc(OC)c2sc(N(CCN3CCOCC3)C(=O)c3cc(C)no3)nc12.Cl. The highest BCUT2D eigenvalue weighted by Crippen LogP contribution is 2.40. The van der Waals surface area contributed by atoms with E-state index in [-0.39, 0.29) is 24.1 Å². The lowest BCUT2D eigenvalue weighted by Crippen LogP contribution is -2.43. The molecule has 1 fully saturated rings. The van der Waals surface area contributed by atoms with Crippen LogP contribution < -0.4 is 14.4 Å². The van der Waals surface area contributed by atoms with Crippen molar-refractivity contribution in [3.63, 3.8) is 0 Å². The Morgan fingerprint density at radius 2 is 1.94 bits per heavy atom. The number of hydrogen-bond acceptors (Lipinski definition) is 9. The lowest BCUT2D eigenvalue weighted by Gasteiger charge is -2.28. The molecule has 168 valence electrons. The van der Waals surface area contributed by atoms with Crippen molar-refractivity contribution in [1.82, 2.24) is 15.0 Å². The van der Waals surface area contributed by atoms with E-state index >= 15 is 0 Å². The number of aryl methyl sites for hydroxylation is 1. The van der Waals surface area contributed by atoms with E-state index in [1.165, 1.54) is 11.3 Å². The minimum atomic E-state index is -0.277. The first-order chi connectivity index (χ1) is 14.6. The van der Waals surface area contributed by atoms with E-state index in [9.17, 15) is 4.79 Å². The maximum Gasteiger partial charge on any atom is 0.298 e. The Kier molecular flexibility index (Phi) is 7.71. The van der Waals surface area contributed by atoms with Crippen LogP contribution in [0.1, 0.15) is 16.2 Å². The van der Waals surface area contributed by atoms with E-state index in [0.29, 0.717) is 54.1 Å². The molecule has 1 amide bonds. The van der Waals surface area contributed by atoms with Crippen LogP contribution in [0.4, 0.5) is 5.13 Å². The predicted molar refractivity (Wildman–Crippen MR) is 120 cm³/mol. The fourth-order valence-electron chi connectivity index (χ4n) is 3.34. The molecule has 3 heterocycles. The van der Waals surface area contributed by atoms with Gasteiger partial charge in [-0.1, -0.05) is 16.5 Å². The smallest absolute Gasteiger partial charge is 0.298 e. The number of morpholine rings is 1. The van der Waals surface area contributed by atoms with Crippen LogP contribution in [0.25, 0.3) is 10.2 Å². The number of methoxy groups -OCH3 is 2. The minimum Gasteiger partial charge on any atom is -0.495 e. The lowest BCUT2D eigenvalue weighted by molar-refractivity contribution is 0.0390. The van der Waals surface area contributed by atoms with Gasteiger partial charge in [-0.25, -0.2) is 4.98 Å². The fourth-order valence-corrected chi connectivity index (χ4v) is 4.44. The molecule has 1 aliphatic rings. The van der Waals surface area contributed by atoms with Gasteiger partial charge in [-0.3, -0.25) is 14.6 Å². The Hall–Kier alpha value is -2.40. The second-order valence-corrected chi connectivity index (χ2v) is 7.87. The molecule has 31 heavy (non-hydrogen) atoms. The summed E-state index contributed by atoms with van der Waals surface area (Å²) in [4.78, 5) is 21.9. The first-order valence-electron chi connectivity index (χ1n) is 9.67. The van der Waals surface area contributed by atoms with Crippen molar-refractivity contribution >= 4 is 45.0 Å². The third-order valence-electron chi connectivity index (χ3n) is 4.96. The Morgan fingerprint density at radius 1 is 1.23 bits per heavy atom. The molecule has 0 radical (unpaired) electrons. The number of halogens is 1.